The molecule has 7 heteroatoms. The molecule has 0 radical (unpaired) electrons. The van der Waals surface area contributed by atoms with Crippen molar-refractivity contribution in [3.63, 3.8) is 0 Å². The van der Waals surface area contributed by atoms with Gasteiger partial charge in [0.1, 0.15) is 5.82 Å². The number of nitrogens with zero attached hydrogens (tertiary/aromatic N) is 1. The van der Waals surface area contributed by atoms with Crippen molar-refractivity contribution >= 4 is 21.6 Å². The van der Waals surface area contributed by atoms with Gasteiger partial charge in [0.2, 0.25) is 5.95 Å². The van der Waals surface area contributed by atoms with Crippen LogP contribution in [-0.4, -0.2) is 19.2 Å². The van der Waals surface area contributed by atoms with E-state index < -0.39 is 16.0 Å². The van der Waals surface area contributed by atoms with Gasteiger partial charge in [0.25, 0.3) is 10.0 Å². The fourth-order valence-corrected chi connectivity index (χ4v) is 2.75. The Hall–Kier alpha value is -2.28. The SMILES string of the molecule is CCC(=O)c1cccc(S(=O)(=O)Nc2cccc(F)n2)c1. The van der Waals surface area contributed by atoms with Crippen LogP contribution in [-0.2, 0) is 10.0 Å². The second-order valence-corrected chi connectivity index (χ2v) is 5.94. The van der Waals surface area contributed by atoms with E-state index in [2.05, 4.69) is 9.71 Å². The van der Waals surface area contributed by atoms with Gasteiger partial charge in [-0.05, 0) is 24.3 Å². The second-order valence-electron chi connectivity index (χ2n) is 4.26. The molecule has 110 valence electrons. The van der Waals surface area contributed by atoms with Gasteiger partial charge in [-0.15, -0.1) is 0 Å². The Kier molecular flexibility index (Phi) is 4.32. The number of pyridine rings is 1. The maximum absolute atomic E-state index is 13.0. The number of ketones is 1. The number of hydrogen-bond donors (Lipinski definition) is 1. The first kappa shape index (κ1) is 15.1. The zero-order chi connectivity index (χ0) is 15.5. The van der Waals surface area contributed by atoms with Crippen LogP contribution >= 0.6 is 0 Å². The first-order valence-corrected chi connectivity index (χ1v) is 7.69. The molecule has 0 spiro atoms. The number of halogens is 1. The molecule has 2 aromatic rings. The molecule has 0 saturated heterocycles. The molecule has 2 rings (SSSR count). The van der Waals surface area contributed by atoms with Crippen molar-refractivity contribution in [2.24, 2.45) is 0 Å². The van der Waals surface area contributed by atoms with Crippen molar-refractivity contribution < 1.29 is 17.6 Å². The molecule has 0 atom stereocenters. The normalized spacial score (nSPS) is 11.1. The van der Waals surface area contributed by atoms with Gasteiger partial charge in [-0.1, -0.05) is 25.1 Å². The van der Waals surface area contributed by atoms with E-state index in [1.54, 1.807) is 13.0 Å². The summed E-state index contributed by atoms with van der Waals surface area (Å²) in [6.45, 7) is 1.69. The molecule has 0 aliphatic carbocycles. The molecule has 0 aliphatic rings. The maximum Gasteiger partial charge on any atom is 0.263 e. The van der Waals surface area contributed by atoms with Crippen molar-refractivity contribution in [1.82, 2.24) is 4.98 Å². The van der Waals surface area contributed by atoms with Crippen LogP contribution in [0.3, 0.4) is 0 Å². The highest BCUT2D eigenvalue weighted by Gasteiger charge is 2.16. The van der Waals surface area contributed by atoms with E-state index in [0.29, 0.717) is 5.56 Å². The molecular weight excluding hydrogens is 295 g/mol. The van der Waals surface area contributed by atoms with Crippen LogP contribution in [0.1, 0.15) is 23.7 Å². The number of nitrogens with one attached hydrogen (secondary N) is 1. The van der Waals surface area contributed by atoms with Crippen molar-refractivity contribution in [3.05, 3.63) is 54.0 Å². The van der Waals surface area contributed by atoms with E-state index in [4.69, 9.17) is 0 Å². The number of carbonyl (C=O) groups excluding carboxylic acids is 1. The van der Waals surface area contributed by atoms with Crippen molar-refractivity contribution in [2.75, 3.05) is 4.72 Å². The lowest BCUT2D eigenvalue weighted by molar-refractivity contribution is 0.0988. The lowest BCUT2D eigenvalue weighted by atomic mass is 10.1. The van der Waals surface area contributed by atoms with E-state index in [9.17, 15) is 17.6 Å². The van der Waals surface area contributed by atoms with E-state index >= 15 is 0 Å². The summed E-state index contributed by atoms with van der Waals surface area (Å²) in [5.74, 6) is -1.07. The van der Waals surface area contributed by atoms with Crippen LogP contribution in [0.4, 0.5) is 10.2 Å². The quantitative estimate of drug-likeness (QED) is 0.680. The molecule has 21 heavy (non-hydrogen) atoms. The number of benzene rings is 1. The van der Waals surface area contributed by atoms with Crippen LogP contribution in [0.15, 0.2) is 47.4 Å². The molecule has 0 unspecified atom stereocenters. The van der Waals surface area contributed by atoms with Crippen LogP contribution in [0.2, 0.25) is 0 Å². The smallest absolute Gasteiger partial charge is 0.263 e. The highest BCUT2D eigenvalue weighted by molar-refractivity contribution is 7.92. The number of sulfonamides is 1. The van der Waals surface area contributed by atoms with Crippen LogP contribution in [0, 0.1) is 5.95 Å². The summed E-state index contributed by atoms with van der Waals surface area (Å²) in [5.41, 5.74) is 0.313. The van der Waals surface area contributed by atoms with E-state index in [1.807, 2.05) is 0 Å². The molecule has 5 nitrogen and oxygen atoms in total. The van der Waals surface area contributed by atoms with Gasteiger partial charge < -0.3 is 0 Å². The Morgan fingerprint density at radius 2 is 1.95 bits per heavy atom. The highest BCUT2D eigenvalue weighted by Crippen LogP contribution is 2.16. The molecular formula is C14H13FN2O3S. The molecule has 1 aromatic carbocycles. The van der Waals surface area contributed by atoms with E-state index in [1.165, 1.54) is 30.3 Å². The Labute approximate surface area is 121 Å². The molecule has 0 aliphatic heterocycles. The van der Waals surface area contributed by atoms with Gasteiger partial charge in [0, 0.05) is 12.0 Å². The minimum atomic E-state index is -3.93. The highest BCUT2D eigenvalue weighted by atomic mass is 32.2. The third-order valence-electron chi connectivity index (χ3n) is 2.74. The van der Waals surface area contributed by atoms with E-state index in [-0.39, 0.29) is 22.9 Å². The van der Waals surface area contributed by atoms with Crippen molar-refractivity contribution in [2.45, 2.75) is 18.2 Å². The predicted octanol–water partition coefficient (Wildman–Crippen LogP) is 2.61. The van der Waals surface area contributed by atoms with Crippen molar-refractivity contribution in [3.8, 4) is 0 Å². The largest absolute Gasteiger partial charge is 0.294 e. The molecule has 1 N–H and O–H groups in total. The third-order valence-corrected chi connectivity index (χ3v) is 4.09. The summed E-state index contributed by atoms with van der Waals surface area (Å²) in [6, 6.07) is 9.46. The van der Waals surface area contributed by atoms with Gasteiger partial charge in [0.15, 0.2) is 5.78 Å². The number of rotatable bonds is 5. The van der Waals surface area contributed by atoms with Crippen LogP contribution in [0.5, 0.6) is 0 Å². The van der Waals surface area contributed by atoms with Crippen LogP contribution in [0.25, 0.3) is 0 Å². The average molecular weight is 308 g/mol. The minimum absolute atomic E-state index is 0.0761. The maximum atomic E-state index is 13.0. The summed E-state index contributed by atoms with van der Waals surface area (Å²) in [7, 11) is -3.93. The van der Waals surface area contributed by atoms with Gasteiger partial charge in [-0.3, -0.25) is 9.52 Å². The third kappa shape index (κ3) is 3.63. The zero-order valence-corrected chi connectivity index (χ0v) is 12.0. The summed E-state index contributed by atoms with van der Waals surface area (Å²) in [6.07, 6.45) is 0.280. The fourth-order valence-electron chi connectivity index (χ4n) is 1.70. The number of anilines is 1. The number of Topliss-reactive ketones (excluding diaryl/α,β-unsaturated/α-hetero) is 1. The second kappa shape index (κ2) is 6.01. The van der Waals surface area contributed by atoms with Crippen molar-refractivity contribution in [1.29, 1.82) is 0 Å². The standard InChI is InChI=1S/C14H13FN2O3S/c1-2-12(18)10-5-3-6-11(9-10)21(19,20)17-14-8-4-7-13(15)16-14/h3-9H,2H2,1H3,(H,16,17). The average Bonchev–Trinajstić information content (AvgIpc) is 2.46. The minimum Gasteiger partial charge on any atom is -0.294 e. The summed E-state index contributed by atoms with van der Waals surface area (Å²) in [5, 5.41) is 0. The molecule has 0 fully saturated rings. The molecule has 0 bridgehead atoms. The van der Waals surface area contributed by atoms with Gasteiger partial charge in [-0.25, -0.2) is 13.4 Å². The lowest BCUT2D eigenvalue weighted by Gasteiger charge is -2.08. The number of hydrogen-bond acceptors (Lipinski definition) is 4. The lowest BCUT2D eigenvalue weighted by Crippen LogP contribution is -2.14. The van der Waals surface area contributed by atoms with Crippen LogP contribution < -0.4 is 4.72 Å². The summed E-state index contributed by atoms with van der Waals surface area (Å²) in [4.78, 5) is 15.0. The Bertz CT molecular complexity index is 775. The monoisotopic (exact) mass is 308 g/mol. The van der Waals surface area contributed by atoms with Gasteiger partial charge in [0.05, 0.1) is 4.90 Å². The molecule has 0 amide bonds. The molecule has 1 aromatic heterocycles. The van der Waals surface area contributed by atoms with E-state index in [0.717, 1.165) is 6.07 Å². The van der Waals surface area contributed by atoms with Gasteiger partial charge >= 0.3 is 0 Å². The molecule has 0 saturated carbocycles. The Balaban J connectivity index is 2.33. The fraction of sp³-hybridized carbons (Fsp3) is 0.143. The predicted molar refractivity (Wildman–Crippen MR) is 76.1 cm³/mol. The topological polar surface area (TPSA) is 76.1 Å². The first-order chi connectivity index (χ1) is 9.92. The summed E-state index contributed by atoms with van der Waals surface area (Å²) >= 11 is 0. The Morgan fingerprint density at radius 1 is 1.24 bits per heavy atom. The van der Waals surface area contributed by atoms with Gasteiger partial charge in [-0.2, -0.15) is 4.39 Å². The summed E-state index contributed by atoms with van der Waals surface area (Å²) < 4.78 is 39.5. The first-order valence-electron chi connectivity index (χ1n) is 6.21. The number of aromatic nitrogens is 1. The zero-order valence-electron chi connectivity index (χ0n) is 11.2. The Morgan fingerprint density at radius 3 is 2.62 bits per heavy atom. The number of carbonyl (C=O) groups is 1. The molecule has 1 heterocycles.